The Morgan fingerprint density at radius 3 is 2.44 bits per heavy atom. The molecule has 1 fully saturated rings. The van der Waals surface area contributed by atoms with Gasteiger partial charge in [-0.3, -0.25) is 9.36 Å². The largest absolute Gasteiger partial charge is 0.388 e. The average Bonchev–Trinajstić information content (AvgIpc) is 3.03. The van der Waals surface area contributed by atoms with Crippen LogP contribution in [0.1, 0.15) is 10.4 Å². The first-order chi connectivity index (χ1) is 12.3. The van der Waals surface area contributed by atoms with Gasteiger partial charge in [-0.25, -0.2) is 0 Å². The molecule has 0 radical (unpaired) electrons. The number of anilines is 2. The second kappa shape index (κ2) is 6.61. The quantitative estimate of drug-likeness (QED) is 0.721. The molecule has 3 aromatic rings. The van der Waals surface area contributed by atoms with Crippen molar-refractivity contribution in [2.24, 2.45) is 0 Å². The summed E-state index contributed by atoms with van der Waals surface area (Å²) in [5.41, 5.74) is 3.97. The number of nitrogens with zero attached hydrogens (tertiary/aromatic N) is 2. The van der Waals surface area contributed by atoms with Gasteiger partial charge in [-0.05, 0) is 30.3 Å². The average molecular weight is 334 g/mol. The molecule has 5 nitrogen and oxygen atoms in total. The lowest BCUT2D eigenvalue weighted by atomic mass is 10.2. The van der Waals surface area contributed by atoms with Crippen molar-refractivity contribution >= 4 is 28.7 Å². The molecule has 0 amide bonds. The molecule has 2 N–H and O–H groups in total. The Hall–Kier alpha value is -2.79. The molecule has 2 aromatic carbocycles. The highest BCUT2D eigenvalue weighted by molar-refractivity contribution is 6.05. The summed E-state index contributed by atoms with van der Waals surface area (Å²) >= 11 is 0. The first kappa shape index (κ1) is 15.7. The van der Waals surface area contributed by atoms with Crippen molar-refractivity contribution in [2.45, 2.75) is 0 Å². The maximum absolute atomic E-state index is 12.0. The van der Waals surface area contributed by atoms with E-state index in [1.807, 2.05) is 25.2 Å². The highest BCUT2D eigenvalue weighted by Crippen LogP contribution is 2.35. The molecule has 25 heavy (non-hydrogen) atoms. The van der Waals surface area contributed by atoms with E-state index in [2.05, 4.69) is 50.4 Å². The third-order valence-electron chi connectivity index (χ3n) is 4.84. The summed E-state index contributed by atoms with van der Waals surface area (Å²) in [7, 11) is 1.91. The highest BCUT2D eigenvalue weighted by atomic mass is 16.1. The molecule has 5 heteroatoms. The topological polar surface area (TPSA) is 49.3 Å². The lowest BCUT2D eigenvalue weighted by molar-refractivity contribution is 0.112. The summed E-state index contributed by atoms with van der Waals surface area (Å²) in [6.45, 7) is 3.65. The normalized spacial score (nSPS) is 14.7. The number of carbonyl (C=O) groups is 1. The van der Waals surface area contributed by atoms with Crippen LogP contribution < -0.4 is 15.5 Å². The van der Waals surface area contributed by atoms with Crippen LogP contribution in [-0.4, -0.2) is 44.1 Å². The minimum Gasteiger partial charge on any atom is -0.388 e. The van der Waals surface area contributed by atoms with Gasteiger partial charge in [0.15, 0.2) is 6.29 Å². The number of hydrogen-bond donors (Lipinski definition) is 2. The number of rotatable bonds is 4. The first-order valence-electron chi connectivity index (χ1n) is 8.66. The number of para-hydroxylation sites is 1. The van der Waals surface area contributed by atoms with Crippen molar-refractivity contribution < 1.29 is 4.79 Å². The van der Waals surface area contributed by atoms with Gasteiger partial charge in [0.1, 0.15) is 5.82 Å². The zero-order valence-electron chi connectivity index (χ0n) is 14.3. The van der Waals surface area contributed by atoms with Crippen molar-refractivity contribution in [3.63, 3.8) is 0 Å². The Morgan fingerprint density at radius 2 is 1.76 bits per heavy atom. The van der Waals surface area contributed by atoms with E-state index in [4.69, 9.17) is 0 Å². The number of aromatic nitrogens is 1. The number of benzene rings is 2. The van der Waals surface area contributed by atoms with Crippen molar-refractivity contribution in [2.75, 3.05) is 43.4 Å². The number of hydrogen-bond acceptors (Lipinski definition) is 4. The fourth-order valence-corrected chi connectivity index (χ4v) is 3.59. The van der Waals surface area contributed by atoms with Gasteiger partial charge in [-0.1, -0.05) is 18.2 Å². The molecule has 1 saturated heterocycles. The fraction of sp³-hybridized carbons (Fsp3) is 0.250. The molecule has 0 unspecified atom stereocenters. The highest BCUT2D eigenvalue weighted by Gasteiger charge is 2.23. The van der Waals surface area contributed by atoms with Gasteiger partial charge in [0.25, 0.3) is 0 Å². The Kier molecular flexibility index (Phi) is 4.15. The fourth-order valence-electron chi connectivity index (χ4n) is 3.59. The molecule has 1 aliphatic heterocycles. The molecular formula is C20H22N4O. The van der Waals surface area contributed by atoms with E-state index in [1.165, 1.54) is 0 Å². The lowest BCUT2D eigenvalue weighted by Crippen LogP contribution is -2.44. The Balaban J connectivity index is 1.97. The summed E-state index contributed by atoms with van der Waals surface area (Å²) < 4.78 is 2.21. The van der Waals surface area contributed by atoms with E-state index in [1.54, 1.807) is 0 Å². The summed E-state index contributed by atoms with van der Waals surface area (Å²) in [4.78, 5) is 14.3. The molecule has 0 aliphatic carbocycles. The van der Waals surface area contributed by atoms with Crippen molar-refractivity contribution in [3.05, 3.63) is 54.1 Å². The predicted octanol–water partition coefficient (Wildman–Crippen LogP) is 2.89. The molecule has 0 saturated carbocycles. The molecule has 4 rings (SSSR count). The van der Waals surface area contributed by atoms with E-state index < -0.39 is 0 Å². The second-order valence-electron chi connectivity index (χ2n) is 6.24. The van der Waals surface area contributed by atoms with Crippen LogP contribution in [0.5, 0.6) is 0 Å². The zero-order chi connectivity index (χ0) is 17.2. The number of fused-ring (bicyclic) bond motifs is 1. The van der Waals surface area contributed by atoms with Gasteiger partial charge in [0.2, 0.25) is 0 Å². The van der Waals surface area contributed by atoms with E-state index in [0.29, 0.717) is 0 Å². The summed E-state index contributed by atoms with van der Waals surface area (Å²) in [5, 5.41) is 7.54. The summed E-state index contributed by atoms with van der Waals surface area (Å²) in [6.07, 6.45) is 0.998. The van der Waals surface area contributed by atoms with Crippen molar-refractivity contribution in [1.82, 2.24) is 9.88 Å². The Morgan fingerprint density at radius 1 is 1.04 bits per heavy atom. The van der Waals surface area contributed by atoms with E-state index >= 15 is 0 Å². The Bertz CT molecular complexity index is 892. The number of nitrogens with one attached hydrogen (secondary N) is 2. The molecular weight excluding hydrogens is 312 g/mol. The van der Waals surface area contributed by atoms with Gasteiger partial charge in [0, 0.05) is 50.0 Å². The zero-order valence-corrected chi connectivity index (χ0v) is 14.3. The van der Waals surface area contributed by atoms with Crippen LogP contribution in [0.3, 0.4) is 0 Å². The van der Waals surface area contributed by atoms with Crippen LogP contribution in [0.25, 0.3) is 16.6 Å². The molecule has 0 atom stereocenters. The smallest absolute Gasteiger partial charge is 0.154 e. The first-order valence-corrected chi connectivity index (χ1v) is 8.66. The molecule has 0 spiro atoms. The summed E-state index contributed by atoms with van der Waals surface area (Å²) in [6, 6.07) is 16.4. The van der Waals surface area contributed by atoms with Crippen LogP contribution >= 0.6 is 0 Å². The third kappa shape index (κ3) is 2.66. The minimum absolute atomic E-state index is 0.773. The maximum atomic E-state index is 12.0. The van der Waals surface area contributed by atoms with Crippen LogP contribution in [0.4, 0.5) is 11.5 Å². The van der Waals surface area contributed by atoms with Gasteiger partial charge >= 0.3 is 0 Å². The number of piperazine rings is 1. The predicted molar refractivity (Wildman–Crippen MR) is 103 cm³/mol. The van der Waals surface area contributed by atoms with Gasteiger partial charge in [-0.15, -0.1) is 0 Å². The Labute approximate surface area is 147 Å². The van der Waals surface area contributed by atoms with Gasteiger partial charge in [-0.2, -0.15) is 0 Å². The molecule has 1 aliphatic rings. The number of aldehydes is 1. The maximum Gasteiger partial charge on any atom is 0.154 e. The van der Waals surface area contributed by atoms with Crippen molar-refractivity contribution in [1.29, 1.82) is 0 Å². The monoisotopic (exact) mass is 334 g/mol. The third-order valence-corrected chi connectivity index (χ3v) is 4.84. The van der Waals surface area contributed by atoms with Gasteiger partial charge < -0.3 is 15.5 Å². The van der Waals surface area contributed by atoms with Crippen LogP contribution in [0.2, 0.25) is 0 Å². The standard InChI is InChI=1S/C20H22N4O/c1-21-15-6-8-16(9-7-15)24-19-5-3-2-4-17(19)18(14-25)20(24)23-12-10-22-11-13-23/h2-9,14,21-22H,10-13H2,1H3. The van der Waals surface area contributed by atoms with E-state index in [0.717, 1.165) is 66.1 Å². The molecule has 2 heterocycles. The minimum atomic E-state index is 0.773. The van der Waals surface area contributed by atoms with E-state index in [-0.39, 0.29) is 0 Å². The van der Waals surface area contributed by atoms with Gasteiger partial charge in [0.05, 0.1) is 11.1 Å². The SMILES string of the molecule is CNc1ccc(-n2c(N3CCNCC3)c(C=O)c3ccccc32)cc1. The number of carbonyl (C=O) groups excluding carboxylic acids is 1. The molecule has 0 bridgehead atoms. The second-order valence-corrected chi connectivity index (χ2v) is 6.24. The van der Waals surface area contributed by atoms with Crippen LogP contribution in [0, 0.1) is 0 Å². The van der Waals surface area contributed by atoms with Crippen LogP contribution in [0.15, 0.2) is 48.5 Å². The van der Waals surface area contributed by atoms with Crippen molar-refractivity contribution in [3.8, 4) is 5.69 Å². The van der Waals surface area contributed by atoms with E-state index in [9.17, 15) is 4.79 Å². The molecule has 1 aromatic heterocycles. The molecule has 128 valence electrons. The summed E-state index contributed by atoms with van der Waals surface area (Å²) in [5.74, 6) is 0.995. The van der Waals surface area contributed by atoms with Crippen LogP contribution in [-0.2, 0) is 0 Å². The lowest BCUT2D eigenvalue weighted by Gasteiger charge is -2.31.